The van der Waals surface area contributed by atoms with Gasteiger partial charge in [0.1, 0.15) is 18.3 Å². The van der Waals surface area contributed by atoms with Crippen LogP contribution in [0.4, 0.5) is 0 Å². The summed E-state index contributed by atoms with van der Waals surface area (Å²) in [5.74, 6) is 0.203. The SMILES string of the molecule is CC(C)C1=CC2CC3(C=O)[C@@H]4CC[C@@H](C)[C@H]4CC2(/C=N/OCC2CCCCO2)[C@]13C(=O)O. The molecule has 4 fully saturated rings. The van der Waals surface area contributed by atoms with Crippen LogP contribution < -0.4 is 0 Å². The molecule has 4 aliphatic carbocycles. The molecule has 0 spiro atoms. The average molecular weight is 444 g/mol. The first-order valence-electron chi connectivity index (χ1n) is 12.5. The molecule has 0 aromatic carbocycles. The Bertz CT molecular complexity index is 845. The molecule has 1 aliphatic heterocycles. The van der Waals surface area contributed by atoms with E-state index >= 15 is 0 Å². The lowest BCUT2D eigenvalue weighted by Crippen LogP contribution is -2.63. The number of hydrogen-bond acceptors (Lipinski definition) is 5. The summed E-state index contributed by atoms with van der Waals surface area (Å²) in [5, 5.41) is 15.3. The first-order chi connectivity index (χ1) is 15.3. The van der Waals surface area contributed by atoms with Crippen LogP contribution in [0.5, 0.6) is 0 Å². The lowest BCUT2D eigenvalue weighted by atomic mass is 9.43. The van der Waals surface area contributed by atoms with Crippen LogP contribution in [0.15, 0.2) is 16.8 Å². The maximum absolute atomic E-state index is 13.3. The minimum atomic E-state index is -1.22. The number of hydrogen-bond donors (Lipinski definition) is 1. The number of oxime groups is 1. The van der Waals surface area contributed by atoms with Crippen molar-refractivity contribution in [2.45, 2.75) is 71.8 Å². The number of aliphatic carboxylic acids is 1. The molecule has 0 aromatic rings. The predicted molar refractivity (Wildman–Crippen MR) is 120 cm³/mol. The number of fused-ring (bicyclic) bond motifs is 2. The summed E-state index contributed by atoms with van der Waals surface area (Å²) >= 11 is 0. The van der Waals surface area contributed by atoms with Crippen molar-refractivity contribution in [3.63, 3.8) is 0 Å². The van der Waals surface area contributed by atoms with Crippen LogP contribution in [-0.2, 0) is 19.2 Å². The Morgan fingerprint density at radius 2 is 2.09 bits per heavy atom. The molecular formula is C26H37NO5. The van der Waals surface area contributed by atoms with Gasteiger partial charge in [-0.2, -0.15) is 0 Å². The van der Waals surface area contributed by atoms with Gasteiger partial charge in [0.05, 0.1) is 17.7 Å². The highest BCUT2D eigenvalue weighted by molar-refractivity contribution is 5.96. The number of allylic oxidation sites excluding steroid dienone is 1. The second kappa shape index (κ2) is 7.68. The van der Waals surface area contributed by atoms with Crippen LogP contribution in [0.3, 0.4) is 0 Å². The molecule has 6 heteroatoms. The Balaban J connectivity index is 1.56. The molecule has 0 amide bonds. The Labute approximate surface area is 190 Å². The van der Waals surface area contributed by atoms with Crippen LogP contribution in [-0.4, -0.2) is 42.9 Å². The van der Waals surface area contributed by atoms with Gasteiger partial charge in [-0.25, -0.2) is 0 Å². The molecule has 176 valence electrons. The number of rotatable bonds is 7. The fourth-order valence-corrected chi connectivity index (χ4v) is 8.68. The van der Waals surface area contributed by atoms with E-state index in [0.717, 1.165) is 57.0 Å². The van der Waals surface area contributed by atoms with E-state index in [-0.39, 0.29) is 23.9 Å². The van der Waals surface area contributed by atoms with Gasteiger partial charge in [-0.3, -0.25) is 4.79 Å². The van der Waals surface area contributed by atoms with Crippen LogP contribution in [0.2, 0.25) is 0 Å². The fourth-order valence-electron chi connectivity index (χ4n) is 8.68. The van der Waals surface area contributed by atoms with Gasteiger partial charge in [-0.1, -0.05) is 44.0 Å². The van der Waals surface area contributed by atoms with E-state index in [1.54, 1.807) is 0 Å². The maximum Gasteiger partial charge on any atom is 0.315 e. The molecule has 0 radical (unpaired) electrons. The quantitative estimate of drug-likeness (QED) is 0.271. The number of carbonyl (C=O) groups is 2. The van der Waals surface area contributed by atoms with Gasteiger partial charge in [0.25, 0.3) is 0 Å². The highest BCUT2D eigenvalue weighted by Gasteiger charge is 2.84. The van der Waals surface area contributed by atoms with Gasteiger partial charge in [-0.05, 0) is 68.1 Å². The molecule has 3 saturated carbocycles. The third-order valence-corrected chi connectivity index (χ3v) is 9.89. The van der Waals surface area contributed by atoms with E-state index in [1.165, 1.54) is 0 Å². The summed E-state index contributed by atoms with van der Waals surface area (Å²) in [7, 11) is 0. The van der Waals surface area contributed by atoms with E-state index in [9.17, 15) is 14.7 Å². The largest absolute Gasteiger partial charge is 0.481 e. The van der Waals surface area contributed by atoms with Crippen molar-refractivity contribution in [2.24, 2.45) is 51.0 Å². The van der Waals surface area contributed by atoms with Crippen molar-refractivity contribution in [1.82, 2.24) is 0 Å². The second-order valence-electron chi connectivity index (χ2n) is 11.4. The van der Waals surface area contributed by atoms with E-state index in [2.05, 4.69) is 32.0 Å². The summed E-state index contributed by atoms with van der Waals surface area (Å²) in [5.41, 5.74) is -1.86. The van der Waals surface area contributed by atoms with Crippen molar-refractivity contribution in [3.05, 3.63) is 11.6 Å². The Kier molecular flexibility index (Phi) is 5.31. The standard InChI is InChI=1S/C26H37NO5/c1-16(2)22-10-18-11-25(15-28)21-8-7-17(3)20(21)12-24(18,26(22,25)23(29)30)14-27-32-13-19-6-4-5-9-31-19/h10,14-21H,4-9,11-13H2,1-3H3,(H,29,30)/b27-14+/t17-,18?,19?,20-,21-,24?,25?,26-/m1/s1. The van der Waals surface area contributed by atoms with Crippen molar-refractivity contribution in [3.8, 4) is 0 Å². The van der Waals surface area contributed by atoms with Crippen LogP contribution in [0.25, 0.3) is 0 Å². The minimum absolute atomic E-state index is 0.0114. The van der Waals surface area contributed by atoms with Crippen molar-refractivity contribution >= 4 is 18.5 Å². The minimum Gasteiger partial charge on any atom is -0.481 e. The van der Waals surface area contributed by atoms with Crippen molar-refractivity contribution in [1.29, 1.82) is 0 Å². The van der Waals surface area contributed by atoms with Gasteiger partial charge < -0.3 is 19.5 Å². The first-order valence-corrected chi connectivity index (χ1v) is 12.5. The fraction of sp³-hybridized carbons (Fsp3) is 0.808. The number of nitrogens with zero attached hydrogens (tertiary/aromatic N) is 1. The van der Waals surface area contributed by atoms with E-state index in [0.29, 0.717) is 24.9 Å². The smallest absolute Gasteiger partial charge is 0.315 e. The third kappa shape index (κ3) is 2.59. The summed E-state index contributed by atoms with van der Waals surface area (Å²) < 4.78 is 5.75. The van der Waals surface area contributed by atoms with E-state index in [1.807, 2.05) is 6.21 Å². The molecule has 1 saturated heterocycles. The predicted octanol–water partition coefficient (Wildman–Crippen LogP) is 4.48. The topological polar surface area (TPSA) is 85.2 Å². The van der Waals surface area contributed by atoms with Gasteiger partial charge in [-0.15, -0.1) is 0 Å². The molecule has 6 nitrogen and oxygen atoms in total. The second-order valence-corrected chi connectivity index (χ2v) is 11.4. The highest BCUT2D eigenvalue weighted by Crippen LogP contribution is 2.82. The van der Waals surface area contributed by atoms with Crippen molar-refractivity contribution in [2.75, 3.05) is 13.2 Å². The molecule has 0 aromatic heterocycles. The Morgan fingerprint density at radius 3 is 2.75 bits per heavy atom. The zero-order valence-corrected chi connectivity index (χ0v) is 19.6. The zero-order valence-electron chi connectivity index (χ0n) is 19.6. The van der Waals surface area contributed by atoms with Gasteiger partial charge in [0.2, 0.25) is 0 Å². The lowest BCUT2D eigenvalue weighted by molar-refractivity contribution is -0.173. The number of ether oxygens (including phenoxy) is 1. The lowest BCUT2D eigenvalue weighted by Gasteiger charge is -2.57. The normalized spacial score (nSPS) is 47.0. The Morgan fingerprint density at radius 1 is 1.28 bits per heavy atom. The molecule has 32 heavy (non-hydrogen) atoms. The maximum atomic E-state index is 13.3. The number of carboxylic acids is 1. The van der Waals surface area contributed by atoms with Crippen LogP contribution in [0, 0.1) is 45.8 Å². The number of carboxylic acid groups (broad SMARTS) is 1. The molecule has 8 atom stereocenters. The number of aldehydes is 1. The molecule has 4 unspecified atom stereocenters. The van der Waals surface area contributed by atoms with Crippen molar-refractivity contribution < 1.29 is 24.3 Å². The molecular weight excluding hydrogens is 406 g/mol. The monoisotopic (exact) mass is 443 g/mol. The van der Waals surface area contributed by atoms with Gasteiger partial charge in [0.15, 0.2) is 0 Å². The van der Waals surface area contributed by atoms with E-state index < -0.39 is 22.2 Å². The summed E-state index contributed by atoms with van der Waals surface area (Å²) in [6.45, 7) is 7.53. The zero-order chi connectivity index (χ0) is 22.7. The Hall–Kier alpha value is -1.69. The molecule has 1 N–H and O–H groups in total. The van der Waals surface area contributed by atoms with Gasteiger partial charge >= 0.3 is 5.97 Å². The molecule has 1 heterocycles. The highest BCUT2D eigenvalue weighted by atomic mass is 16.6. The summed E-state index contributed by atoms with van der Waals surface area (Å²) in [6, 6.07) is 0. The molecule has 5 aliphatic rings. The van der Waals surface area contributed by atoms with Crippen LogP contribution in [0.1, 0.15) is 65.7 Å². The number of carbonyl (C=O) groups excluding carboxylic acids is 1. The van der Waals surface area contributed by atoms with Crippen LogP contribution >= 0.6 is 0 Å². The summed E-state index contributed by atoms with van der Waals surface area (Å²) in [4.78, 5) is 32.0. The van der Waals surface area contributed by atoms with E-state index in [4.69, 9.17) is 9.57 Å². The van der Waals surface area contributed by atoms with Gasteiger partial charge in [0, 0.05) is 12.0 Å². The third-order valence-electron chi connectivity index (χ3n) is 9.89. The molecule has 4 bridgehead atoms. The summed E-state index contributed by atoms with van der Waals surface area (Å²) in [6.07, 6.45) is 11.7. The molecule has 5 rings (SSSR count). The first kappa shape index (κ1) is 22.1. The average Bonchev–Trinajstić information content (AvgIpc) is 3.35.